The van der Waals surface area contributed by atoms with Crippen LogP contribution in [-0.2, 0) is 11.3 Å². The van der Waals surface area contributed by atoms with Crippen molar-refractivity contribution in [3.63, 3.8) is 0 Å². The summed E-state index contributed by atoms with van der Waals surface area (Å²) in [5.41, 5.74) is 1.04. The van der Waals surface area contributed by atoms with E-state index in [1.54, 1.807) is 6.20 Å². The van der Waals surface area contributed by atoms with E-state index in [9.17, 15) is 4.79 Å². The van der Waals surface area contributed by atoms with Gasteiger partial charge in [0, 0.05) is 44.7 Å². The molecule has 1 aromatic heterocycles. The predicted octanol–water partition coefficient (Wildman–Crippen LogP) is 2.44. The molecule has 1 aromatic carbocycles. The molecule has 1 aliphatic rings. The number of nitrogens with zero attached hydrogens (tertiary/aromatic N) is 3. The molecule has 0 spiro atoms. The minimum Gasteiger partial charge on any atom is -0.439 e. The number of hydrogen-bond acceptors (Lipinski definition) is 5. The fraction of sp³-hybridized carbons (Fsp3) is 0.444. The van der Waals surface area contributed by atoms with Crippen LogP contribution in [0, 0.1) is 0 Å². The first-order valence-electron chi connectivity index (χ1n) is 8.41. The third-order valence-electron chi connectivity index (χ3n) is 4.28. The second-order valence-electron chi connectivity index (χ2n) is 5.99. The quantitative estimate of drug-likeness (QED) is 0.806. The first-order chi connectivity index (χ1) is 11.8. The van der Waals surface area contributed by atoms with Gasteiger partial charge in [-0.2, -0.15) is 0 Å². The number of aromatic nitrogens is 1. The maximum atomic E-state index is 12.0. The van der Waals surface area contributed by atoms with Crippen LogP contribution in [0.3, 0.4) is 0 Å². The molecule has 1 saturated heterocycles. The lowest BCUT2D eigenvalue weighted by Gasteiger charge is -2.34. The minimum absolute atomic E-state index is 0. The van der Waals surface area contributed by atoms with Crippen LogP contribution >= 0.6 is 24.8 Å². The van der Waals surface area contributed by atoms with Crippen LogP contribution in [0.25, 0.3) is 11.3 Å². The number of nitrogens with one attached hydrogen (secondary N) is 1. The van der Waals surface area contributed by atoms with Gasteiger partial charge in [-0.3, -0.25) is 9.69 Å². The summed E-state index contributed by atoms with van der Waals surface area (Å²) in [7, 11) is 1.87. The van der Waals surface area contributed by atoms with Crippen molar-refractivity contribution in [2.75, 3.05) is 39.8 Å². The Kier molecular flexibility index (Phi) is 9.65. The van der Waals surface area contributed by atoms with Gasteiger partial charge in [0.1, 0.15) is 0 Å². The highest BCUT2D eigenvalue weighted by Gasteiger charge is 2.21. The Labute approximate surface area is 166 Å². The molecule has 0 unspecified atom stereocenters. The average Bonchev–Trinajstić information content (AvgIpc) is 3.09. The summed E-state index contributed by atoms with van der Waals surface area (Å²) >= 11 is 0. The molecule has 0 saturated carbocycles. The van der Waals surface area contributed by atoms with Crippen LogP contribution in [0.2, 0.25) is 0 Å². The fourth-order valence-electron chi connectivity index (χ4n) is 2.86. The number of oxazole rings is 1. The zero-order chi connectivity index (χ0) is 16.8. The Hall–Kier alpha value is -1.60. The topological polar surface area (TPSA) is 61.6 Å². The molecule has 2 heterocycles. The van der Waals surface area contributed by atoms with E-state index in [1.807, 2.05) is 42.3 Å². The summed E-state index contributed by atoms with van der Waals surface area (Å²) in [4.78, 5) is 20.6. The first kappa shape index (κ1) is 22.4. The Bertz CT molecular complexity index is 658. The maximum Gasteiger partial charge on any atom is 0.223 e. The third kappa shape index (κ3) is 5.99. The van der Waals surface area contributed by atoms with Gasteiger partial charge in [0.25, 0.3) is 0 Å². The Balaban J connectivity index is 0.00000169. The number of carbonyl (C=O) groups excluding carboxylic acids is 1. The zero-order valence-corrected chi connectivity index (χ0v) is 16.5. The van der Waals surface area contributed by atoms with Gasteiger partial charge < -0.3 is 14.6 Å². The van der Waals surface area contributed by atoms with Crippen molar-refractivity contribution in [2.45, 2.75) is 13.0 Å². The van der Waals surface area contributed by atoms with Crippen molar-refractivity contribution in [3.05, 3.63) is 42.4 Å². The van der Waals surface area contributed by atoms with Gasteiger partial charge in [-0.25, -0.2) is 4.98 Å². The van der Waals surface area contributed by atoms with Crippen molar-refractivity contribution in [1.82, 2.24) is 20.1 Å². The number of piperazine rings is 1. The second kappa shape index (κ2) is 11.2. The van der Waals surface area contributed by atoms with E-state index < -0.39 is 0 Å². The van der Waals surface area contributed by atoms with Gasteiger partial charge in [0.05, 0.1) is 12.7 Å². The van der Waals surface area contributed by atoms with Crippen LogP contribution in [0.5, 0.6) is 0 Å². The molecule has 1 N–H and O–H groups in total. The summed E-state index contributed by atoms with van der Waals surface area (Å²) < 4.78 is 5.86. The Morgan fingerprint density at radius 2 is 1.85 bits per heavy atom. The standard InChI is InChI=1S/C18H24N4O2.2ClH/c1-19-8-7-18(23)22-11-9-21(10-12-22)14-17-20-13-16(24-17)15-5-3-2-4-6-15;;/h2-6,13,19H,7-12,14H2,1H3;2*1H. The molecule has 0 bridgehead atoms. The van der Waals surface area contributed by atoms with Gasteiger partial charge in [0.15, 0.2) is 5.76 Å². The number of carbonyl (C=O) groups is 1. The van der Waals surface area contributed by atoms with Crippen LogP contribution in [0.1, 0.15) is 12.3 Å². The normalized spacial score (nSPS) is 14.4. The van der Waals surface area contributed by atoms with Gasteiger partial charge in [-0.15, -0.1) is 24.8 Å². The van der Waals surface area contributed by atoms with Crippen molar-refractivity contribution in [2.24, 2.45) is 0 Å². The van der Waals surface area contributed by atoms with E-state index in [4.69, 9.17) is 4.42 Å². The van der Waals surface area contributed by atoms with E-state index in [0.29, 0.717) is 13.0 Å². The molecule has 0 atom stereocenters. The fourth-order valence-corrected chi connectivity index (χ4v) is 2.86. The molecule has 26 heavy (non-hydrogen) atoms. The molecule has 1 aliphatic heterocycles. The molecule has 1 amide bonds. The molecular weight excluding hydrogens is 375 g/mol. The van der Waals surface area contributed by atoms with Crippen molar-refractivity contribution in [1.29, 1.82) is 0 Å². The van der Waals surface area contributed by atoms with Crippen LogP contribution in [0.15, 0.2) is 40.9 Å². The maximum absolute atomic E-state index is 12.0. The molecule has 2 aromatic rings. The molecule has 6 nitrogen and oxygen atoms in total. The number of halogens is 2. The number of hydrogen-bond donors (Lipinski definition) is 1. The van der Waals surface area contributed by atoms with Crippen LogP contribution in [-0.4, -0.2) is 60.5 Å². The summed E-state index contributed by atoms with van der Waals surface area (Å²) in [6.07, 6.45) is 2.35. The van der Waals surface area contributed by atoms with Gasteiger partial charge >= 0.3 is 0 Å². The minimum atomic E-state index is 0. The highest BCUT2D eigenvalue weighted by atomic mass is 35.5. The van der Waals surface area contributed by atoms with Gasteiger partial charge in [0.2, 0.25) is 11.8 Å². The lowest BCUT2D eigenvalue weighted by atomic mass is 10.2. The Morgan fingerprint density at radius 3 is 2.50 bits per heavy atom. The monoisotopic (exact) mass is 400 g/mol. The van der Waals surface area contributed by atoms with Crippen LogP contribution < -0.4 is 5.32 Å². The number of rotatable bonds is 6. The first-order valence-corrected chi connectivity index (χ1v) is 8.41. The molecular formula is C18H26Cl2N4O2. The highest BCUT2D eigenvalue weighted by molar-refractivity contribution is 5.85. The van der Waals surface area contributed by atoms with Crippen molar-refractivity contribution < 1.29 is 9.21 Å². The number of amides is 1. The molecule has 0 aliphatic carbocycles. The van der Waals surface area contributed by atoms with E-state index >= 15 is 0 Å². The molecule has 144 valence electrons. The SMILES string of the molecule is CNCCC(=O)N1CCN(Cc2ncc(-c3ccccc3)o2)CC1.Cl.Cl. The van der Waals surface area contributed by atoms with Gasteiger partial charge in [-0.05, 0) is 7.05 Å². The Morgan fingerprint density at radius 1 is 1.15 bits per heavy atom. The van der Waals surface area contributed by atoms with Crippen LogP contribution in [0.4, 0.5) is 0 Å². The molecule has 3 rings (SSSR count). The van der Waals surface area contributed by atoms with E-state index in [2.05, 4.69) is 15.2 Å². The van der Waals surface area contributed by atoms with E-state index in [-0.39, 0.29) is 30.7 Å². The molecule has 8 heteroatoms. The lowest BCUT2D eigenvalue weighted by molar-refractivity contribution is -0.132. The lowest BCUT2D eigenvalue weighted by Crippen LogP contribution is -2.48. The predicted molar refractivity (Wildman–Crippen MR) is 107 cm³/mol. The number of benzene rings is 1. The molecule has 1 fully saturated rings. The highest BCUT2D eigenvalue weighted by Crippen LogP contribution is 2.20. The van der Waals surface area contributed by atoms with E-state index in [1.165, 1.54) is 0 Å². The largest absolute Gasteiger partial charge is 0.439 e. The summed E-state index contributed by atoms with van der Waals surface area (Å²) in [5.74, 6) is 1.75. The van der Waals surface area contributed by atoms with Gasteiger partial charge in [-0.1, -0.05) is 30.3 Å². The van der Waals surface area contributed by atoms with E-state index in [0.717, 1.165) is 49.9 Å². The van der Waals surface area contributed by atoms with Crippen molar-refractivity contribution >= 4 is 30.7 Å². The molecule has 0 radical (unpaired) electrons. The smallest absolute Gasteiger partial charge is 0.223 e. The average molecular weight is 401 g/mol. The van der Waals surface area contributed by atoms with Crippen molar-refractivity contribution in [3.8, 4) is 11.3 Å². The summed E-state index contributed by atoms with van der Waals surface area (Å²) in [5, 5.41) is 3.02. The summed E-state index contributed by atoms with van der Waals surface area (Å²) in [6.45, 7) is 4.68. The zero-order valence-electron chi connectivity index (χ0n) is 14.9. The summed E-state index contributed by atoms with van der Waals surface area (Å²) in [6, 6.07) is 9.99. The third-order valence-corrected chi connectivity index (χ3v) is 4.28. The second-order valence-corrected chi connectivity index (χ2v) is 5.99.